The van der Waals surface area contributed by atoms with Gasteiger partial charge in [0.15, 0.2) is 0 Å². The molecule has 0 unspecified atom stereocenters. The number of rotatable bonds is 2. The van der Waals surface area contributed by atoms with Gasteiger partial charge in [0.1, 0.15) is 5.82 Å². The molecule has 0 bridgehead atoms. The average Bonchev–Trinajstić information content (AvgIpc) is 2.38. The Labute approximate surface area is 125 Å². The van der Waals surface area contributed by atoms with Crippen LogP contribution in [0.1, 0.15) is 15.9 Å². The Morgan fingerprint density at radius 1 is 1.05 bits per heavy atom. The number of alkyl halides is 3. The van der Waals surface area contributed by atoms with E-state index in [1.807, 2.05) is 0 Å². The van der Waals surface area contributed by atoms with E-state index in [1.54, 1.807) is 0 Å². The number of carbonyl (C=O) groups is 1. The molecule has 0 aliphatic carbocycles. The van der Waals surface area contributed by atoms with Crippen LogP contribution in [0.25, 0.3) is 0 Å². The van der Waals surface area contributed by atoms with Crippen molar-refractivity contribution < 1.29 is 22.4 Å². The number of hydrogen-bond acceptors (Lipinski definition) is 1. The topological polar surface area (TPSA) is 29.1 Å². The predicted octanol–water partition coefficient (Wildman–Crippen LogP) is 4.86. The molecule has 2 aromatic rings. The number of nitrogens with one attached hydrogen (secondary N) is 1. The molecule has 2 nitrogen and oxygen atoms in total. The Morgan fingerprint density at radius 2 is 1.67 bits per heavy atom. The van der Waals surface area contributed by atoms with Crippen molar-refractivity contribution in [2.45, 2.75) is 6.18 Å². The molecule has 1 N–H and O–H groups in total. The first kappa shape index (κ1) is 15.5. The van der Waals surface area contributed by atoms with Crippen molar-refractivity contribution in [2.75, 3.05) is 5.32 Å². The van der Waals surface area contributed by atoms with Crippen molar-refractivity contribution in [1.29, 1.82) is 0 Å². The van der Waals surface area contributed by atoms with E-state index < -0.39 is 23.5 Å². The Bertz CT molecular complexity index is 668. The lowest BCUT2D eigenvalue weighted by molar-refractivity contribution is -0.137. The number of halogens is 5. The van der Waals surface area contributed by atoms with Crippen molar-refractivity contribution in [1.82, 2.24) is 0 Å². The highest BCUT2D eigenvalue weighted by molar-refractivity contribution is 9.10. The van der Waals surface area contributed by atoms with Crippen LogP contribution < -0.4 is 5.32 Å². The van der Waals surface area contributed by atoms with Crippen molar-refractivity contribution in [2.24, 2.45) is 0 Å². The molecule has 2 aromatic carbocycles. The number of hydrogen-bond donors (Lipinski definition) is 1. The van der Waals surface area contributed by atoms with Crippen LogP contribution in [0.3, 0.4) is 0 Å². The molecule has 21 heavy (non-hydrogen) atoms. The van der Waals surface area contributed by atoms with Gasteiger partial charge >= 0.3 is 6.18 Å². The molecule has 0 atom stereocenters. The normalized spacial score (nSPS) is 11.3. The third kappa shape index (κ3) is 3.81. The van der Waals surface area contributed by atoms with E-state index in [9.17, 15) is 22.4 Å². The molecule has 1 amide bonds. The van der Waals surface area contributed by atoms with Gasteiger partial charge in [-0.25, -0.2) is 4.39 Å². The Kier molecular flexibility index (Phi) is 4.32. The Morgan fingerprint density at radius 3 is 2.19 bits per heavy atom. The van der Waals surface area contributed by atoms with Crippen molar-refractivity contribution in [3.8, 4) is 0 Å². The average molecular weight is 362 g/mol. The van der Waals surface area contributed by atoms with Crippen LogP contribution in [0, 0.1) is 5.82 Å². The maximum atomic E-state index is 12.9. The minimum Gasteiger partial charge on any atom is -0.322 e. The number of amides is 1. The second-order valence-electron chi connectivity index (χ2n) is 4.15. The zero-order valence-corrected chi connectivity index (χ0v) is 11.9. The molecule has 0 aliphatic heterocycles. The first-order chi connectivity index (χ1) is 9.77. The van der Waals surface area contributed by atoms with E-state index in [-0.39, 0.29) is 15.7 Å². The summed E-state index contributed by atoms with van der Waals surface area (Å²) >= 11 is 3.05. The highest BCUT2D eigenvalue weighted by Gasteiger charge is 2.30. The fraction of sp³-hybridized carbons (Fsp3) is 0.0714. The zero-order chi connectivity index (χ0) is 15.6. The third-order valence-electron chi connectivity index (χ3n) is 2.65. The van der Waals surface area contributed by atoms with Crippen LogP contribution in [-0.2, 0) is 6.18 Å². The summed E-state index contributed by atoms with van der Waals surface area (Å²) in [6.07, 6.45) is -4.43. The fourth-order valence-electron chi connectivity index (χ4n) is 1.61. The van der Waals surface area contributed by atoms with Crippen molar-refractivity contribution in [3.63, 3.8) is 0 Å². The van der Waals surface area contributed by atoms with Crippen LogP contribution in [0.4, 0.5) is 23.2 Å². The third-order valence-corrected chi connectivity index (χ3v) is 3.30. The number of anilines is 1. The molecule has 0 heterocycles. The van der Waals surface area contributed by atoms with Crippen LogP contribution in [-0.4, -0.2) is 5.91 Å². The monoisotopic (exact) mass is 361 g/mol. The standard InChI is InChI=1S/C14H8BrF4NO/c15-12-7-9(16)3-6-11(12)13(21)20-10-4-1-8(2-5-10)14(17,18)19/h1-7H,(H,20,21). The summed E-state index contributed by atoms with van der Waals surface area (Å²) in [4.78, 5) is 11.9. The van der Waals surface area contributed by atoms with Crippen molar-refractivity contribution in [3.05, 3.63) is 63.9 Å². The van der Waals surface area contributed by atoms with Crippen LogP contribution in [0.5, 0.6) is 0 Å². The lowest BCUT2D eigenvalue weighted by Crippen LogP contribution is -2.13. The lowest BCUT2D eigenvalue weighted by atomic mass is 10.1. The van der Waals surface area contributed by atoms with E-state index in [4.69, 9.17) is 0 Å². The van der Waals surface area contributed by atoms with E-state index in [0.29, 0.717) is 0 Å². The SMILES string of the molecule is O=C(Nc1ccc(C(F)(F)F)cc1)c1ccc(F)cc1Br. The van der Waals surface area contributed by atoms with E-state index >= 15 is 0 Å². The predicted molar refractivity (Wildman–Crippen MR) is 73.5 cm³/mol. The zero-order valence-electron chi connectivity index (χ0n) is 10.3. The largest absolute Gasteiger partial charge is 0.416 e. The molecule has 0 radical (unpaired) electrons. The van der Waals surface area contributed by atoms with Gasteiger partial charge in [-0.15, -0.1) is 0 Å². The molecule has 7 heteroatoms. The summed E-state index contributed by atoms with van der Waals surface area (Å²) in [5.41, 5.74) is -0.413. The van der Waals surface area contributed by atoms with Gasteiger partial charge in [0.25, 0.3) is 5.91 Å². The summed E-state index contributed by atoms with van der Waals surface area (Å²) in [5, 5.41) is 2.44. The van der Waals surface area contributed by atoms with Gasteiger partial charge in [-0.2, -0.15) is 13.2 Å². The Hall–Kier alpha value is -1.89. The molecule has 0 fully saturated rings. The molecule has 0 aromatic heterocycles. The summed E-state index contributed by atoms with van der Waals surface area (Å²) in [6, 6.07) is 7.56. The molecular weight excluding hydrogens is 354 g/mol. The maximum absolute atomic E-state index is 12.9. The van der Waals surface area contributed by atoms with Crippen LogP contribution in [0.2, 0.25) is 0 Å². The van der Waals surface area contributed by atoms with Crippen LogP contribution in [0.15, 0.2) is 46.9 Å². The number of carbonyl (C=O) groups excluding carboxylic acids is 1. The molecule has 0 spiro atoms. The number of benzene rings is 2. The summed E-state index contributed by atoms with van der Waals surface area (Å²) in [7, 11) is 0. The molecule has 0 saturated heterocycles. The van der Waals surface area contributed by atoms with Gasteiger partial charge in [-0.3, -0.25) is 4.79 Å². The van der Waals surface area contributed by atoms with Gasteiger partial charge in [0.2, 0.25) is 0 Å². The van der Waals surface area contributed by atoms with Gasteiger partial charge in [0, 0.05) is 10.2 Å². The van der Waals surface area contributed by atoms with Gasteiger partial charge in [-0.1, -0.05) is 0 Å². The lowest BCUT2D eigenvalue weighted by Gasteiger charge is -2.09. The second-order valence-corrected chi connectivity index (χ2v) is 5.01. The molecule has 0 aliphatic rings. The highest BCUT2D eigenvalue weighted by Crippen LogP contribution is 2.30. The maximum Gasteiger partial charge on any atom is 0.416 e. The van der Waals surface area contributed by atoms with Crippen LogP contribution >= 0.6 is 15.9 Å². The Balaban J connectivity index is 2.16. The fourth-order valence-corrected chi connectivity index (χ4v) is 2.15. The summed E-state index contributed by atoms with van der Waals surface area (Å²) < 4.78 is 50.4. The molecule has 2 rings (SSSR count). The molecular formula is C14H8BrF4NO. The van der Waals surface area contributed by atoms with E-state index in [1.165, 1.54) is 6.07 Å². The molecule has 110 valence electrons. The first-order valence-corrected chi connectivity index (χ1v) is 6.50. The quantitative estimate of drug-likeness (QED) is 0.760. The van der Waals surface area contributed by atoms with Crippen molar-refractivity contribution >= 4 is 27.5 Å². The summed E-state index contributed by atoms with van der Waals surface area (Å²) in [6.45, 7) is 0. The van der Waals surface area contributed by atoms with Gasteiger partial charge < -0.3 is 5.32 Å². The molecule has 0 saturated carbocycles. The minimum atomic E-state index is -4.43. The second kappa shape index (κ2) is 5.85. The van der Waals surface area contributed by atoms with Gasteiger partial charge in [0.05, 0.1) is 11.1 Å². The highest BCUT2D eigenvalue weighted by atomic mass is 79.9. The van der Waals surface area contributed by atoms with E-state index in [2.05, 4.69) is 21.2 Å². The first-order valence-electron chi connectivity index (χ1n) is 5.71. The minimum absolute atomic E-state index is 0.177. The van der Waals surface area contributed by atoms with E-state index in [0.717, 1.165) is 36.4 Å². The van der Waals surface area contributed by atoms with Gasteiger partial charge in [-0.05, 0) is 58.4 Å². The smallest absolute Gasteiger partial charge is 0.322 e. The summed E-state index contributed by atoms with van der Waals surface area (Å²) in [5.74, 6) is -1.06.